The van der Waals surface area contributed by atoms with E-state index in [2.05, 4.69) is 6.58 Å². The average molecular weight is 252 g/mol. The van der Waals surface area contributed by atoms with Crippen LogP contribution in [-0.2, 0) is 9.53 Å². The first kappa shape index (κ1) is 12.0. The molecule has 0 bridgehead atoms. The Hall–Kier alpha value is -1.48. The van der Waals surface area contributed by atoms with Gasteiger partial charge in [-0.15, -0.1) is 6.58 Å². The molecule has 0 spiro atoms. The molecule has 0 unspecified atom stereocenters. The van der Waals surface area contributed by atoms with Crippen molar-refractivity contribution in [3.8, 4) is 0 Å². The number of carbonyl (C=O) groups is 1. The molecule has 2 heterocycles. The van der Waals surface area contributed by atoms with E-state index in [1.54, 1.807) is 19.1 Å². The van der Waals surface area contributed by atoms with Gasteiger partial charge >= 0.3 is 5.97 Å². The molecule has 0 aromatic heterocycles. The number of hydrogen-bond donors (Lipinski definition) is 0. The van der Waals surface area contributed by atoms with Gasteiger partial charge in [-0.05, 0) is 19.1 Å². The van der Waals surface area contributed by atoms with Crippen LogP contribution in [0.5, 0.6) is 0 Å². The number of rotatable bonds is 3. The van der Waals surface area contributed by atoms with E-state index in [4.69, 9.17) is 16.3 Å². The molecule has 3 nitrogen and oxygen atoms in total. The third kappa shape index (κ3) is 2.15. The van der Waals surface area contributed by atoms with E-state index in [-0.39, 0.29) is 12.0 Å². The first-order chi connectivity index (χ1) is 8.17. The predicted molar refractivity (Wildman–Crippen MR) is 67.2 cm³/mol. The maximum atomic E-state index is 11.8. The van der Waals surface area contributed by atoms with Crippen LogP contribution in [0.25, 0.3) is 0 Å². The quantitative estimate of drug-likeness (QED) is 0.571. The zero-order chi connectivity index (χ0) is 12.4. The van der Waals surface area contributed by atoms with Crippen molar-refractivity contribution in [2.75, 3.05) is 6.61 Å². The summed E-state index contributed by atoms with van der Waals surface area (Å²) in [6.45, 7) is 5.96. The molecule has 17 heavy (non-hydrogen) atoms. The maximum absolute atomic E-state index is 11.8. The minimum atomic E-state index is -0.270. The highest BCUT2D eigenvalue weighted by molar-refractivity contribution is 6.31. The molecule has 90 valence electrons. The number of allylic oxidation sites excluding steroid dienone is 3. The highest BCUT2D eigenvalue weighted by Crippen LogP contribution is 2.35. The lowest BCUT2D eigenvalue weighted by atomic mass is 10.1. The first-order valence-electron chi connectivity index (χ1n) is 5.54. The summed E-state index contributed by atoms with van der Waals surface area (Å²) >= 11 is 5.96. The summed E-state index contributed by atoms with van der Waals surface area (Å²) in [6.07, 6.45) is 7.90. The molecule has 0 aromatic rings. The topological polar surface area (TPSA) is 29.5 Å². The van der Waals surface area contributed by atoms with E-state index >= 15 is 0 Å². The Morgan fingerprint density at radius 1 is 1.76 bits per heavy atom. The number of carbonyl (C=O) groups excluding carboxylic acids is 1. The fourth-order valence-corrected chi connectivity index (χ4v) is 2.19. The van der Waals surface area contributed by atoms with Crippen molar-refractivity contribution >= 4 is 17.6 Å². The second kappa shape index (κ2) is 4.80. The molecule has 0 saturated carbocycles. The van der Waals surface area contributed by atoms with Crippen molar-refractivity contribution < 1.29 is 9.53 Å². The largest absolute Gasteiger partial charge is 0.463 e. The van der Waals surface area contributed by atoms with Crippen LogP contribution < -0.4 is 0 Å². The summed E-state index contributed by atoms with van der Waals surface area (Å²) in [5.74, 6) is -0.270. The summed E-state index contributed by atoms with van der Waals surface area (Å²) < 4.78 is 5.05. The molecule has 0 fully saturated rings. The van der Waals surface area contributed by atoms with Gasteiger partial charge in [-0.25, -0.2) is 4.79 Å². The van der Waals surface area contributed by atoms with E-state index < -0.39 is 0 Å². The van der Waals surface area contributed by atoms with Gasteiger partial charge in [-0.2, -0.15) is 0 Å². The third-order valence-corrected chi connectivity index (χ3v) is 3.06. The Labute approximate surface area is 106 Å². The molecule has 0 saturated heterocycles. The fraction of sp³-hybridized carbons (Fsp3) is 0.308. The SMILES string of the molecule is C=C[C@H]1CC(C(=O)OCC)=C2C=C(Cl)C=CN21. The Balaban J connectivity index is 2.36. The highest BCUT2D eigenvalue weighted by Gasteiger charge is 2.33. The van der Waals surface area contributed by atoms with Gasteiger partial charge in [0.1, 0.15) is 0 Å². The number of fused-ring (bicyclic) bond motifs is 1. The lowest BCUT2D eigenvalue weighted by Gasteiger charge is -2.24. The second-order valence-corrected chi connectivity index (χ2v) is 4.28. The Morgan fingerprint density at radius 2 is 2.53 bits per heavy atom. The minimum absolute atomic E-state index is 0.0988. The Kier molecular flexibility index (Phi) is 3.38. The van der Waals surface area contributed by atoms with Gasteiger partial charge in [-0.1, -0.05) is 17.7 Å². The molecular weight excluding hydrogens is 238 g/mol. The van der Waals surface area contributed by atoms with Gasteiger partial charge in [0.05, 0.1) is 23.9 Å². The third-order valence-electron chi connectivity index (χ3n) is 2.82. The van der Waals surface area contributed by atoms with E-state index in [0.29, 0.717) is 23.6 Å². The van der Waals surface area contributed by atoms with Crippen LogP contribution >= 0.6 is 11.6 Å². The molecule has 0 N–H and O–H groups in total. The number of ether oxygens (including phenoxy) is 1. The summed E-state index contributed by atoms with van der Waals surface area (Å²) in [6, 6.07) is 0.0988. The average Bonchev–Trinajstić information content (AvgIpc) is 2.67. The van der Waals surface area contributed by atoms with Crippen LogP contribution in [0.2, 0.25) is 0 Å². The summed E-state index contributed by atoms with van der Waals surface area (Å²) in [5.41, 5.74) is 1.49. The van der Waals surface area contributed by atoms with Crippen LogP contribution in [0.1, 0.15) is 13.3 Å². The van der Waals surface area contributed by atoms with Crippen LogP contribution in [0, 0.1) is 0 Å². The van der Waals surface area contributed by atoms with Gasteiger partial charge in [0, 0.05) is 17.7 Å². The zero-order valence-electron chi connectivity index (χ0n) is 9.65. The number of hydrogen-bond acceptors (Lipinski definition) is 3. The number of halogens is 1. The number of nitrogens with zero attached hydrogens (tertiary/aromatic N) is 1. The van der Waals surface area contributed by atoms with Gasteiger partial charge in [0.15, 0.2) is 0 Å². The number of esters is 1. The molecule has 0 aliphatic carbocycles. The molecule has 4 heteroatoms. The van der Waals surface area contributed by atoms with Crippen molar-refractivity contribution in [2.24, 2.45) is 0 Å². The van der Waals surface area contributed by atoms with Crippen molar-refractivity contribution in [3.05, 3.63) is 47.3 Å². The van der Waals surface area contributed by atoms with E-state index in [0.717, 1.165) is 5.70 Å². The molecular formula is C13H14ClNO2. The Bertz CT molecular complexity index is 448. The lowest BCUT2D eigenvalue weighted by molar-refractivity contribution is -0.138. The van der Waals surface area contributed by atoms with E-state index in [9.17, 15) is 4.79 Å². The van der Waals surface area contributed by atoms with Crippen molar-refractivity contribution in [1.82, 2.24) is 4.90 Å². The van der Waals surface area contributed by atoms with Crippen LogP contribution in [-0.4, -0.2) is 23.5 Å². The first-order valence-corrected chi connectivity index (χ1v) is 5.91. The summed E-state index contributed by atoms with van der Waals surface area (Å²) in [4.78, 5) is 13.8. The van der Waals surface area contributed by atoms with Crippen LogP contribution in [0.15, 0.2) is 47.3 Å². The maximum Gasteiger partial charge on any atom is 0.336 e. The van der Waals surface area contributed by atoms with Crippen molar-refractivity contribution in [3.63, 3.8) is 0 Å². The second-order valence-electron chi connectivity index (χ2n) is 3.84. The van der Waals surface area contributed by atoms with E-state index in [1.807, 2.05) is 17.2 Å². The zero-order valence-corrected chi connectivity index (χ0v) is 10.4. The van der Waals surface area contributed by atoms with Gasteiger partial charge in [-0.3, -0.25) is 0 Å². The van der Waals surface area contributed by atoms with Crippen molar-refractivity contribution in [1.29, 1.82) is 0 Å². The van der Waals surface area contributed by atoms with Gasteiger partial charge < -0.3 is 9.64 Å². The molecule has 2 aliphatic heterocycles. The molecule has 0 aromatic carbocycles. The molecule has 1 atom stereocenters. The normalized spacial score (nSPS) is 22.4. The smallest absolute Gasteiger partial charge is 0.336 e. The summed E-state index contributed by atoms with van der Waals surface area (Å²) in [7, 11) is 0. The molecule has 2 rings (SSSR count). The fourth-order valence-electron chi connectivity index (χ4n) is 2.03. The highest BCUT2D eigenvalue weighted by atomic mass is 35.5. The van der Waals surface area contributed by atoms with Crippen LogP contribution in [0.4, 0.5) is 0 Å². The van der Waals surface area contributed by atoms with Crippen LogP contribution in [0.3, 0.4) is 0 Å². The van der Waals surface area contributed by atoms with Gasteiger partial charge in [0.2, 0.25) is 0 Å². The minimum Gasteiger partial charge on any atom is -0.463 e. The summed E-state index contributed by atoms with van der Waals surface area (Å²) in [5, 5.41) is 0.614. The molecule has 0 amide bonds. The Morgan fingerprint density at radius 3 is 3.18 bits per heavy atom. The standard InChI is InChI=1S/C13H14ClNO2/c1-3-10-8-11(13(16)17-4-2)12-7-9(14)5-6-15(10)12/h3,5-7,10H,1,4,8H2,2H3/t10-/m0/s1. The molecule has 0 radical (unpaired) electrons. The van der Waals surface area contributed by atoms with Crippen molar-refractivity contribution in [2.45, 2.75) is 19.4 Å². The molecule has 2 aliphatic rings. The monoisotopic (exact) mass is 251 g/mol. The van der Waals surface area contributed by atoms with E-state index in [1.165, 1.54) is 0 Å². The van der Waals surface area contributed by atoms with Gasteiger partial charge in [0.25, 0.3) is 0 Å². The predicted octanol–water partition coefficient (Wildman–Crippen LogP) is 2.71. The lowest BCUT2D eigenvalue weighted by Crippen LogP contribution is -2.23.